The number of amides is 1. The standard InChI is InChI=1S/C21H25NO3/c1-3-21(25)11-12-22(14-19(21)23)20(24)18-10-5-4-9-17(18)16-8-6-7-15(2)13-16/h4-10,13,19,23,25H,3,11-12,14H2,1-2H3/t19-,21-/m1/s1. The van der Waals surface area contributed by atoms with Crippen molar-refractivity contribution < 1.29 is 15.0 Å². The van der Waals surface area contributed by atoms with Gasteiger partial charge >= 0.3 is 0 Å². The third kappa shape index (κ3) is 3.46. The molecule has 25 heavy (non-hydrogen) atoms. The van der Waals surface area contributed by atoms with Crippen LogP contribution in [0.2, 0.25) is 0 Å². The Bertz CT molecular complexity index is 773. The van der Waals surface area contributed by atoms with Crippen molar-refractivity contribution in [3.63, 3.8) is 0 Å². The van der Waals surface area contributed by atoms with Gasteiger partial charge in [0.1, 0.15) is 6.10 Å². The Morgan fingerprint density at radius 3 is 2.68 bits per heavy atom. The van der Waals surface area contributed by atoms with E-state index >= 15 is 0 Å². The van der Waals surface area contributed by atoms with Gasteiger partial charge < -0.3 is 15.1 Å². The molecule has 4 nitrogen and oxygen atoms in total. The quantitative estimate of drug-likeness (QED) is 0.904. The zero-order valence-electron chi connectivity index (χ0n) is 14.8. The highest BCUT2D eigenvalue weighted by Gasteiger charge is 2.40. The topological polar surface area (TPSA) is 60.8 Å². The number of nitrogens with zero attached hydrogens (tertiary/aromatic N) is 1. The molecule has 1 fully saturated rings. The first-order valence-electron chi connectivity index (χ1n) is 8.80. The number of benzene rings is 2. The number of rotatable bonds is 3. The fourth-order valence-electron chi connectivity index (χ4n) is 3.47. The van der Waals surface area contributed by atoms with E-state index in [4.69, 9.17) is 0 Å². The van der Waals surface area contributed by atoms with E-state index in [1.54, 1.807) is 4.90 Å². The van der Waals surface area contributed by atoms with Gasteiger partial charge in [0.25, 0.3) is 5.91 Å². The zero-order chi connectivity index (χ0) is 18.0. The van der Waals surface area contributed by atoms with Crippen LogP contribution in [0.1, 0.15) is 35.7 Å². The van der Waals surface area contributed by atoms with Crippen LogP contribution in [0, 0.1) is 6.92 Å². The maximum atomic E-state index is 13.1. The van der Waals surface area contributed by atoms with E-state index in [0.29, 0.717) is 24.9 Å². The van der Waals surface area contributed by atoms with E-state index in [0.717, 1.165) is 16.7 Å². The summed E-state index contributed by atoms with van der Waals surface area (Å²) in [5.74, 6) is -0.102. The molecule has 2 N–H and O–H groups in total. The van der Waals surface area contributed by atoms with Crippen LogP contribution in [0.15, 0.2) is 48.5 Å². The molecule has 2 aromatic carbocycles. The van der Waals surface area contributed by atoms with Crippen molar-refractivity contribution in [3.05, 3.63) is 59.7 Å². The van der Waals surface area contributed by atoms with Crippen molar-refractivity contribution in [2.24, 2.45) is 0 Å². The van der Waals surface area contributed by atoms with Gasteiger partial charge in [-0.2, -0.15) is 0 Å². The monoisotopic (exact) mass is 339 g/mol. The third-order valence-electron chi connectivity index (χ3n) is 5.21. The molecule has 0 saturated carbocycles. The Morgan fingerprint density at radius 2 is 2.00 bits per heavy atom. The molecule has 1 saturated heterocycles. The molecule has 2 atom stereocenters. The highest BCUT2D eigenvalue weighted by atomic mass is 16.3. The molecule has 0 aliphatic carbocycles. The number of carbonyl (C=O) groups excluding carboxylic acids is 1. The maximum Gasteiger partial charge on any atom is 0.254 e. The lowest BCUT2D eigenvalue weighted by atomic mass is 9.86. The summed E-state index contributed by atoms with van der Waals surface area (Å²) in [4.78, 5) is 14.7. The zero-order valence-corrected chi connectivity index (χ0v) is 14.8. The van der Waals surface area contributed by atoms with Crippen LogP contribution < -0.4 is 0 Å². The molecule has 1 heterocycles. The highest BCUT2D eigenvalue weighted by Crippen LogP contribution is 2.29. The number of carbonyl (C=O) groups is 1. The minimum absolute atomic E-state index is 0.102. The molecule has 0 unspecified atom stereocenters. The number of likely N-dealkylation sites (tertiary alicyclic amines) is 1. The molecule has 0 spiro atoms. The Morgan fingerprint density at radius 1 is 1.24 bits per heavy atom. The first kappa shape index (κ1) is 17.6. The number of aliphatic hydroxyl groups excluding tert-OH is 1. The lowest BCUT2D eigenvalue weighted by Crippen LogP contribution is -2.56. The number of hydrogen-bond acceptors (Lipinski definition) is 3. The summed E-state index contributed by atoms with van der Waals surface area (Å²) in [6.07, 6.45) is -0.0413. The van der Waals surface area contributed by atoms with Crippen molar-refractivity contribution in [2.75, 3.05) is 13.1 Å². The van der Waals surface area contributed by atoms with Gasteiger partial charge in [0, 0.05) is 18.7 Å². The Balaban J connectivity index is 1.89. The van der Waals surface area contributed by atoms with Gasteiger partial charge in [0.05, 0.1) is 5.60 Å². The summed E-state index contributed by atoms with van der Waals surface area (Å²) in [6, 6.07) is 15.6. The van der Waals surface area contributed by atoms with E-state index in [1.807, 2.05) is 56.3 Å². The van der Waals surface area contributed by atoms with Crippen LogP contribution in [0.3, 0.4) is 0 Å². The molecule has 0 aromatic heterocycles. The van der Waals surface area contributed by atoms with E-state index in [2.05, 4.69) is 6.07 Å². The van der Waals surface area contributed by atoms with Crippen LogP contribution in [0.25, 0.3) is 11.1 Å². The fraction of sp³-hybridized carbons (Fsp3) is 0.381. The van der Waals surface area contributed by atoms with Gasteiger partial charge in [0.15, 0.2) is 0 Å². The Labute approximate surface area is 148 Å². The van der Waals surface area contributed by atoms with Crippen LogP contribution >= 0.6 is 0 Å². The minimum Gasteiger partial charge on any atom is -0.388 e. The molecule has 3 rings (SSSR count). The summed E-state index contributed by atoms with van der Waals surface area (Å²) in [5, 5.41) is 20.7. The van der Waals surface area contributed by atoms with Gasteiger partial charge in [-0.1, -0.05) is 55.0 Å². The SMILES string of the molecule is CC[C@@]1(O)CCN(C(=O)c2ccccc2-c2cccc(C)c2)C[C@H]1O. The van der Waals surface area contributed by atoms with Crippen LogP contribution in [0.4, 0.5) is 0 Å². The summed E-state index contributed by atoms with van der Waals surface area (Å²) in [6.45, 7) is 4.49. The van der Waals surface area contributed by atoms with E-state index in [9.17, 15) is 15.0 Å². The molecule has 0 radical (unpaired) electrons. The van der Waals surface area contributed by atoms with Crippen molar-refractivity contribution >= 4 is 5.91 Å². The maximum absolute atomic E-state index is 13.1. The third-order valence-corrected chi connectivity index (χ3v) is 5.21. The molecular formula is C21H25NO3. The van der Waals surface area contributed by atoms with E-state index < -0.39 is 11.7 Å². The Hall–Kier alpha value is -2.17. The molecule has 132 valence electrons. The first-order valence-corrected chi connectivity index (χ1v) is 8.80. The summed E-state index contributed by atoms with van der Waals surface area (Å²) in [5.41, 5.74) is 2.57. The average Bonchev–Trinajstić information content (AvgIpc) is 2.63. The number of piperidine rings is 1. The molecule has 4 heteroatoms. The average molecular weight is 339 g/mol. The lowest BCUT2D eigenvalue weighted by Gasteiger charge is -2.41. The molecule has 0 bridgehead atoms. The largest absolute Gasteiger partial charge is 0.388 e. The highest BCUT2D eigenvalue weighted by molar-refractivity contribution is 6.01. The van der Waals surface area contributed by atoms with Crippen LogP contribution in [-0.4, -0.2) is 45.8 Å². The number of aryl methyl sites for hydroxylation is 1. The van der Waals surface area contributed by atoms with Gasteiger partial charge in [-0.15, -0.1) is 0 Å². The second-order valence-electron chi connectivity index (χ2n) is 6.89. The van der Waals surface area contributed by atoms with E-state index in [1.165, 1.54) is 0 Å². The smallest absolute Gasteiger partial charge is 0.254 e. The molecular weight excluding hydrogens is 314 g/mol. The van der Waals surface area contributed by atoms with Crippen molar-refractivity contribution in [1.29, 1.82) is 0 Å². The number of aliphatic hydroxyl groups is 2. The fourth-order valence-corrected chi connectivity index (χ4v) is 3.47. The van der Waals surface area contributed by atoms with Gasteiger partial charge in [0.2, 0.25) is 0 Å². The second-order valence-corrected chi connectivity index (χ2v) is 6.89. The number of β-amino-alcohol motifs (C(OH)–C–C–N with tert-alkyl or cyclic N) is 1. The molecule has 2 aromatic rings. The summed E-state index contributed by atoms with van der Waals surface area (Å²) < 4.78 is 0. The summed E-state index contributed by atoms with van der Waals surface area (Å²) >= 11 is 0. The Kier molecular flexibility index (Phi) is 4.93. The predicted octanol–water partition coefficient (Wildman–Crippen LogP) is 3.01. The normalized spacial score (nSPS) is 23.5. The van der Waals surface area contributed by atoms with Gasteiger partial charge in [-0.05, 0) is 37.0 Å². The van der Waals surface area contributed by atoms with Crippen molar-refractivity contribution in [2.45, 2.75) is 38.4 Å². The van der Waals surface area contributed by atoms with Gasteiger partial charge in [-0.3, -0.25) is 4.79 Å². The molecule has 1 aliphatic rings. The minimum atomic E-state index is -1.09. The molecule has 1 amide bonds. The lowest BCUT2D eigenvalue weighted by molar-refractivity contribution is -0.114. The molecule has 1 aliphatic heterocycles. The van der Waals surface area contributed by atoms with Crippen LogP contribution in [-0.2, 0) is 0 Å². The summed E-state index contributed by atoms with van der Waals surface area (Å²) in [7, 11) is 0. The van der Waals surface area contributed by atoms with Crippen molar-refractivity contribution in [1.82, 2.24) is 4.90 Å². The van der Waals surface area contributed by atoms with Crippen molar-refractivity contribution in [3.8, 4) is 11.1 Å². The second kappa shape index (κ2) is 6.98. The van der Waals surface area contributed by atoms with E-state index in [-0.39, 0.29) is 12.5 Å². The van der Waals surface area contributed by atoms with Crippen LogP contribution in [0.5, 0.6) is 0 Å². The number of hydrogen-bond donors (Lipinski definition) is 2. The predicted molar refractivity (Wildman–Crippen MR) is 98.4 cm³/mol. The van der Waals surface area contributed by atoms with Gasteiger partial charge in [-0.25, -0.2) is 0 Å². The first-order chi connectivity index (χ1) is 11.9.